The average Bonchev–Trinajstić information content (AvgIpc) is 2.79. The topological polar surface area (TPSA) is 75.9 Å². The van der Waals surface area contributed by atoms with Gasteiger partial charge in [-0.05, 0) is 23.4 Å². The van der Waals surface area contributed by atoms with E-state index in [0.29, 0.717) is 22.1 Å². The van der Waals surface area contributed by atoms with Crippen LogP contribution in [0.5, 0.6) is 0 Å². The Hall–Kier alpha value is -1.66. The quantitative estimate of drug-likeness (QED) is 0.806. The maximum absolute atomic E-state index is 8.75. The van der Waals surface area contributed by atoms with Crippen molar-refractivity contribution in [1.29, 1.82) is 0 Å². The van der Waals surface area contributed by atoms with Crippen LogP contribution in [0.3, 0.4) is 0 Å². The summed E-state index contributed by atoms with van der Waals surface area (Å²) in [4.78, 5) is 1.34. The second-order valence-electron chi connectivity index (χ2n) is 2.91. The summed E-state index contributed by atoms with van der Waals surface area (Å²) in [5.74, 6) is 0.416. The van der Waals surface area contributed by atoms with Gasteiger partial charge in [0.2, 0.25) is 5.82 Å². The van der Waals surface area contributed by atoms with Gasteiger partial charge in [-0.1, -0.05) is 25.4 Å². The SMILES string of the molecule is CC.Cn1nnc(-c2cc(NO)ccc2Cl)n1. The van der Waals surface area contributed by atoms with Gasteiger partial charge in [0.25, 0.3) is 0 Å². The second-order valence-corrected chi connectivity index (χ2v) is 3.32. The van der Waals surface area contributed by atoms with Gasteiger partial charge >= 0.3 is 0 Å². The van der Waals surface area contributed by atoms with E-state index in [0.717, 1.165) is 0 Å². The van der Waals surface area contributed by atoms with Crippen molar-refractivity contribution < 1.29 is 5.21 Å². The van der Waals surface area contributed by atoms with Crippen LogP contribution in [0.2, 0.25) is 5.02 Å². The van der Waals surface area contributed by atoms with Gasteiger partial charge in [-0.2, -0.15) is 4.80 Å². The van der Waals surface area contributed by atoms with Crippen molar-refractivity contribution in [1.82, 2.24) is 20.2 Å². The van der Waals surface area contributed by atoms with Crippen molar-refractivity contribution in [2.24, 2.45) is 7.05 Å². The normalized spacial score (nSPS) is 9.47. The number of tetrazole rings is 1. The minimum Gasteiger partial charge on any atom is -0.291 e. The number of nitrogens with one attached hydrogen (secondary N) is 1. The van der Waals surface area contributed by atoms with Gasteiger partial charge < -0.3 is 0 Å². The van der Waals surface area contributed by atoms with Gasteiger partial charge in [-0.15, -0.1) is 10.2 Å². The molecule has 0 saturated carbocycles. The van der Waals surface area contributed by atoms with Crippen LogP contribution in [0, 0.1) is 0 Å². The number of hydrogen-bond acceptors (Lipinski definition) is 5. The zero-order valence-corrected chi connectivity index (χ0v) is 10.6. The van der Waals surface area contributed by atoms with Crippen LogP contribution < -0.4 is 5.48 Å². The zero-order chi connectivity index (χ0) is 12.8. The van der Waals surface area contributed by atoms with Crippen molar-refractivity contribution in [3.05, 3.63) is 23.2 Å². The summed E-state index contributed by atoms with van der Waals surface area (Å²) < 4.78 is 0. The molecule has 0 fully saturated rings. The Morgan fingerprint density at radius 2 is 2.06 bits per heavy atom. The van der Waals surface area contributed by atoms with Crippen LogP contribution in [-0.2, 0) is 7.05 Å². The lowest BCUT2D eigenvalue weighted by atomic mass is 10.2. The van der Waals surface area contributed by atoms with Crippen molar-refractivity contribution in [3.8, 4) is 11.4 Å². The summed E-state index contributed by atoms with van der Waals surface area (Å²) in [6.07, 6.45) is 0. The highest BCUT2D eigenvalue weighted by Crippen LogP contribution is 2.27. The first kappa shape index (κ1) is 13.4. The third-order valence-electron chi connectivity index (χ3n) is 1.84. The number of halogens is 1. The fourth-order valence-electron chi connectivity index (χ4n) is 1.16. The first-order chi connectivity index (χ1) is 8.20. The molecule has 1 heterocycles. The van der Waals surface area contributed by atoms with Gasteiger partial charge in [0.15, 0.2) is 0 Å². The molecule has 1 aromatic carbocycles. The van der Waals surface area contributed by atoms with E-state index >= 15 is 0 Å². The molecule has 0 aliphatic heterocycles. The molecule has 6 nitrogen and oxygen atoms in total. The van der Waals surface area contributed by atoms with E-state index in [9.17, 15) is 0 Å². The van der Waals surface area contributed by atoms with Crippen LogP contribution in [0.15, 0.2) is 18.2 Å². The molecule has 7 heteroatoms. The predicted octanol–water partition coefficient (Wildman–Crippen LogP) is 2.36. The Labute approximate surface area is 104 Å². The van der Waals surface area contributed by atoms with E-state index in [-0.39, 0.29) is 0 Å². The lowest BCUT2D eigenvalue weighted by molar-refractivity contribution is 0.389. The first-order valence-corrected chi connectivity index (χ1v) is 5.52. The van der Waals surface area contributed by atoms with Gasteiger partial charge in [-0.25, -0.2) is 0 Å². The number of rotatable bonds is 2. The van der Waals surface area contributed by atoms with Crippen LogP contribution in [0.25, 0.3) is 11.4 Å². The molecule has 2 N–H and O–H groups in total. The smallest absolute Gasteiger partial charge is 0.206 e. The molecule has 0 aliphatic rings. The highest BCUT2D eigenvalue weighted by atomic mass is 35.5. The van der Waals surface area contributed by atoms with Crippen LogP contribution in [0.1, 0.15) is 13.8 Å². The van der Waals surface area contributed by atoms with E-state index in [2.05, 4.69) is 15.4 Å². The maximum atomic E-state index is 8.75. The molecule has 0 saturated heterocycles. The minimum absolute atomic E-state index is 0.416. The number of nitrogens with zero attached hydrogens (tertiary/aromatic N) is 4. The standard InChI is InChI=1S/C8H8ClN5O.C2H6/c1-14-11-8(10-13-14)6-4-5(12-15)2-3-7(6)9;1-2/h2-4,12,15H,1H3;1-2H3. The largest absolute Gasteiger partial charge is 0.291 e. The van der Waals surface area contributed by atoms with Crippen molar-refractivity contribution >= 4 is 17.3 Å². The molecule has 0 aliphatic carbocycles. The minimum atomic E-state index is 0.416. The van der Waals surface area contributed by atoms with Crippen LogP contribution in [-0.4, -0.2) is 25.4 Å². The number of anilines is 1. The summed E-state index contributed by atoms with van der Waals surface area (Å²) in [5.41, 5.74) is 3.16. The van der Waals surface area contributed by atoms with Crippen molar-refractivity contribution in [2.45, 2.75) is 13.8 Å². The van der Waals surface area contributed by atoms with E-state index in [1.165, 1.54) is 4.80 Å². The van der Waals surface area contributed by atoms with Gasteiger partial charge in [-0.3, -0.25) is 10.7 Å². The Morgan fingerprint density at radius 3 is 2.59 bits per heavy atom. The molecular formula is C10H14ClN5O. The number of aryl methyl sites for hydroxylation is 1. The summed E-state index contributed by atoms with van der Waals surface area (Å²) in [5, 5.41) is 20.8. The lowest BCUT2D eigenvalue weighted by Gasteiger charge is -2.02. The van der Waals surface area contributed by atoms with Crippen LogP contribution in [0.4, 0.5) is 5.69 Å². The number of hydrogen-bond donors (Lipinski definition) is 2. The average molecular weight is 256 g/mol. The fourth-order valence-corrected chi connectivity index (χ4v) is 1.36. The van der Waals surface area contributed by atoms with Crippen molar-refractivity contribution in [2.75, 3.05) is 5.48 Å². The van der Waals surface area contributed by atoms with E-state index < -0.39 is 0 Å². The molecule has 0 bridgehead atoms. The van der Waals surface area contributed by atoms with Gasteiger partial charge in [0.05, 0.1) is 17.8 Å². The third-order valence-corrected chi connectivity index (χ3v) is 2.17. The second kappa shape index (κ2) is 6.17. The Bertz CT molecular complexity index is 485. The highest BCUT2D eigenvalue weighted by molar-refractivity contribution is 6.33. The van der Waals surface area contributed by atoms with Crippen molar-refractivity contribution in [3.63, 3.8) is 0 Å². The summed E-state index contributed by atoms with van der Waals surface area (Å²) in [6.45, 7) is 4.00. The van der Waals surface area contributed by atoms with E-state index in [1.54, 1.807) is 25.2 Å². The summed E-state index contributed by atoms with van der Waals surface area (Å²) in [7, 11) is 1.67. The molecule has 0 unspecified atom stereocenters. The van der Waals surface area contributed by atoms with Gasteiger partial charge in [0.1, 0.15) is 0 Å². The molecule has 2 aromatic rings. The molecule has 0 atom stereocenters. The molecular weight excluding hydrogens is 242 g/mol. The Kier molecular flexibility index (Phi) is 4.86. The van der Waals surface area contributed by atoms with Gasteiger partial charge in [0, 0.05) is 5.56 Å². The molecule has 0 radical (unpaired) electrons. The molecule has 17 heavy (non-hydrogen) atoms. The number of benzene rings is 1. The molecule has 0 spiro atoms. The third kappa shape index (κ3) is 3.15. The zero-order valence-electron chi connectivity index (χ0n) is 9.85. The van der Waals surface area contributed by atoms with E-state index in [1.807, 2.05) is 19.3 Å². The molecule has 92 valence electrons. The fraction of sp³-hybridized carbons (Fsp3) is 0.300. The molecule has 2 rings (SSSR count). The lowest BCUT2D eigenvalue weighted by Crippen LogP contribution is -1.93. The Morgan fingerprint density at radius 1 is 1.35 bits per heavy atom. The monoisotopic (exact) mass is 255 g/mol. The summed E-state index contributed by atoms with van der Waals surface area (Å²) in [6, 6.07) is 4.92. The predicted molar refractivity (Wildman–Crippen MR) is 66.0 cm³/mol. The molecule has 0 amide bonds. The number of aromatic nitrogens is 4. The highest BCUT2D eigenvalue weighted by Gasteiger charge is 2.09. The maximum Gasteiger partial charge on any atom is 0.206 e. The molecule has 1 aromatic heterocycles. The van der Waals surface area contributed by atoms with Crippen LogP contribution >= 0.6 is 11.6 Å². The Balaban J connectivity index is 0.000000686. The van der Waals surface area contributed by atoms with E-state index in [4.69, 9.17) is 16.8 Å². The first-order valence-electron chi connectivity index (χ1n) is 5.15. The summed E-state index contributed by atoms with van der Waals surface area (Å²) >= 11 is 5.97.